The number of halogens is 2. The molecule has 1 atom stereocenters. The molecule has 16 heavy (non-hydrogen) atoms. The number of carbonyl (C=O) groups excluding carboxylic acids is 1. The molecule has 88 valence electrons. The minimum Gasteiger partial charge on any atom is -0.481 e. The van der Waals surface area contributed by atoms with Crippen LogP contribution >= 0.6 is 43.2 Å². The third kappa shape index (κ3) is 3.88. The van der Waals surface area contributed by atoms with E-state index in [1.165, 1.54) is 18.3 Å². The van der Waals surface area contributed by atoms with Gasteiger partial charge in [-0.2, -0.15) is 0 Å². The molecular weight excluding hydrogens is 362 g/mol. The molecular formula is C9H9Br2NO3S. The molecule has 1 aromatic heterocycles. The van der Waals surface area contributed by atoms with Crippen molar-refractivity contribution in [3.63, 3.8) is 0 Å². The highest BCUT2D eigenvalue weighted by molar-refractivity contribution is 9.13. The second kappa shape index (κ2) is 5.79. The van der Waals surface area contributed by atoms with Gasteiger partial charge in [-0.15, -0.1) is 11.3 Å². The Morgan fingerprint density at radius 2 is 2.19 bits per heavy atom. The Morgan fingerprint density at radius 1 is 1.56 bits per heavy atom. The molecule has 2 N–H and O–H groups in total. The van der Waals surface area contributed by atoms with Gasteiger partial charge >= 0.3 is 5.97 Å². The van der Waals surface area contributed by atoms with Gasteiger partial charge < -0.3 is 10.4 Å². The summed E-state index contributed by atoms with van der Waals surface area (Å²) in [7, 11) is 0. The summed E-state index contributed by atoms with van der Waals surface area (Å²) in [6.45, 7) is 1.37. The first-order valence-corrected chi connectivity index (χ1v) is 6.74. The molecule has 0 bridgehead atoms. The van der Waals surface area contributed by atoms with E-state index in [1.807, 2.05) is 0 Å². The van der Waals surface area contributed by atoms with Crippen molar-refractivity contribution in [2.45, 2.75) is 19.4 Å². The maximum atomic E-state index is 11.0. The van der Waals surface area contributed by atoms with Gasteiger partial charge in [0.1, 0.15) is 0 Å². The lowest BCUT2D eigenvalue weighted by Crippen LogP contribution is -2.27. The first kappa shape index (κ1) is 13.7. The van der Waals surface area contributed by atoms with Crippen molar-refractivity contribution >= 4 is 55.1 Å². The zero-order valence-corrected chi connectivity index (χ0v) is 12.3. The molecule has 0 aliphatic rings. The monoisotopic (exact) mass is 369 g/mol. The highest BCUT2D eigenvalue weighted by Crippen LogP contribution is 2.36. The Labute approximate surface area is 113 Å². The topological polar surface area (TPSA) is 66.4 Å². The molecule has 1 amide bonds. The molecule has 1 heterocycles. The Morgan fingerprint density at radius 3 is 2.56 bits per heavy atom. The van der Waals surface area contributed by atoms with E-state index in [-0.39, 0.29) is 12.3 Å². The van der Waals surface area contributed by atoms with E-state index < -0.39 is 12.0 Å². The number of carbonyl (C=O) groups is 2. The second-order valence-electron chi connectivity index (χ2n) is 3.12. The lowest BCUT2D eigenvalue weighted by atomic mass is 10.1. The van der Waals surface area contributed by atoms with Crippen molar-refractivity contribution in [3.8, 4) is 0 Å². The summed E-state index contributed by atoms with van der Waals surface area (Å²) in [5.41, 5.74) is 0. The number of hydrogen-bond donors (Lipinski definition) is 2. The number of nitrogens with one attached hydrogen (secondary N) is 1. The van der Waals surface area contributed by atoms with Crippen LogP contribution in [0.15, 0.2) is 14.3 Å². The van der Waals surface area contributed by atoms with Gasteiger partial charge in [0.2, 0.25) is 5.91 Å². The maximum absolute atomic E-state index is 11.0. The maximum Gasteiger partial charge on any atom is 0.305 e. The van der Waals surface area contributed by atoms with Crippen LogP contribution in [0, 0.1) is 0 Å². The van der Waals surface area contributed by atoms with Gasteiger partial charge in [0, 0.05) is 16.3 Å². The summed E-state index contributed by atoms with van der Waals surface area (Å²) in [5, 5.41) is 11.4. The Balaban J connectivity index is 2.90. The average molecular weight is 371 g/mol. The number of aliphatic carboxylic acids is 1. The number of amides is 1. The van der Waals surface area contributed by atoms with E-state index in [4.69, 9.17) is 5.11 Å². The van der Waals surface area contributed by atoms with E-state index in [9.17, 15) is 9.59 Å². The van der Waals surface area contributed by atoms with Gasteiger partial charge in [-0.25, -0.2) is 0 Å². The quantitative estimate of drug-likeness (QED) is 0.856. The molecule has 0 fully saturated rings. The molecule has 0 radical (unpaired) electrons. The van der Waals surface area contributed by atoms with Crippen LogP contribution in [0.5, 0.6) is 0 Å². The van der Waals surface area contributed by atoms with Gasteiger partial charge in [0.05, 0.1) is 16.2 Å². The highest BCUT2D eigenvalue weighted by Gasteiger charge is 2.19. The summed E-state index contributed by atoms with van der Waals surface area (Å²) >= 11 is 8.05. The van der Waals surface area contributed by atoms with E-state index >= 15 is 0 Å². The van der Waals surface area contributed by atoms with E-state index in [2.05, 4.69) is 37.2 Å². The van der Waals surface area contributed by atoms with Crippen LogP contribution < -0.4 is 5.32 Å². The summed E-state index contributed by atoms with van der Waals surface area (Å²) in [5.74, 6) is -1.19. The molecule has 0 saturated carbocycles. The zero-order valence-electron chi connectivity index (χ0n) is 8.29. The number of thiophene rings is 1. The van der Waals surface area contributed by atoms with Gasteiger partial charge in [-0.05, 0) is 37.9 Å². The molecule has 7 heteroatoms. The predicted molar refractivity (Wildman–Crippen MR) is 68.5 cm³/mol. The van der Waals surface area contributed by atoms with Crippen molar-refractivity contribution in [3.05, 3.63) is 19.2 Å². The SMILES string of the molecule is CC(=O)N[C@H](CC(=O)O)c1cc(Br)c(Br)s1. The third-order valence-corrected chi connectivity index (χ3v) is 5.13. The van der Waals surface area contributed by atoms with Gasteiger partial charge in [0.25, 0.3) is 0 Å². The first-order valence-electron chi connectivity index (χ1n) is 4.33. The molecule has 0 spiro atoms. The third-order valence-electron chi connectivity index (χ3n) is 1.76. The summed E-state index contributed by atoms with van der Waals surface area (Å²) in [6, 6.07) is 1.32. The second-order valence-corrected chi connectivity index (χ2v) is 6.38. The number of carboxylic acid groups (broad SMARTS) is 1. The molecule has 4 nitrogen and oxygen atoms in total. The van der Waals surface area contributed by atoms with Crippen LogP contribution in [-0.4, -0.2) is 17.0 Å². The Bertz CT molecular complexity index is 383. The fourth-order valence-electron chi connectivity index (χ4n) is 1.18. The van der Waals surface area contributed by atoms with Crippen LogP contribution in [0.1, 0.15) is 24.3 Å². The normalized spacial score (nSPS) is 12.2. The van der Waals surface area contributed by atoms with Crippen LogP contribution in [-0.2, 0) is 9.59 Å². The van der Waals surface area contributed by atoms with Crippen molar-refractivity contribution in [2.75, 3.05) is 0 Å². The summed E-state index contributed by atoms with van der Waals surface area (Å²) in [4.78, 5) is 22.5. The van der Waals surface area contributed by atoms with E-state index in [0.29, 0.717) is 0 Å². The molecule has 1 aromatic rings. The summed E-state index contributed by atoms with van der Waals surface area (Å²) < 4.78 is 1.73. The van der Waals surface area contributed by atoms with Crippen molar-refractivity contribution < 1.29 is 14.7 Å². The largest absolute Gasteiger partial charge is 0.481 e. The lowest BCUT2D eigenvalue weighted by molar-refractivity contribution is -0.137. The van der Waals surface area contributed by atoms with Gasteiger partial charge in [-0.1, -0.05) is 0 Å². The number of rotatable bonds is 4. The van der Waals surface area contributed by atoms with Gasteiger partial charge in [-0.3, -0.25) is 9.59 Å². The predicted octanol–water partition coefficient (Wildman–Crippen LogP) is 2.93. The van der Waals surface area contributed by atoms with Gasteiger partial charge in [0.15, 0.2) is 0 Å². The van der Waals surface area contributed by atoms with Crippen LogP contribution in [0.4, 0.5) is 0 Å². The van der Waals surface area contributed by atoms with Crippen molar-refractivity contribution in [1.29, 1.82) is 0 Å². The lowest BCUT2D eigenvalue weighted by Gasteiger charge is -2.13. The molecule has 0 aliphatic heterocycles. The van der Waals surface area contributed by atoms with Crippen molar-refractivity contribution in [2.24, 2.45) is 0 Å². The smallest absolute Gasteiger partial charge is 0.305 e. The van der Waals surface area contributed by atoms with E-state index in [1.54, 1.807) is 6.07 Å². The van der Waals surface area contributed by atoms with Crippen LogP contribution in [0.25, 0.3) is 0 Å². The molecule has 0 unspecified atom stereocenters. The highest BCUT2D eigenvalue weighted by atomic mass is 79.9. The number of hydrogen-bond acceptors (Lipinski definition) is 3. The molecule has 0 saturated heterocycles. The van der Waals surface area contributed by atoms with Crippen molar-refractivity contribution in [1.82, 2.24) is 5.32 Å². The minimum atomic E-state index is -0.945. The Hall–Kier alpha value is -0.400. The van der Waals surface area contributed by atoms with Crippen LogP contribution in [0.2, 0.25) is 0 Å². The fourth-order valence-corrected chi connectivity index (χ4v) is 3.32. The average Bonchev–Trinajstić information content (AvgIpc) is 2.44. The first-order chi connectivity index (χ1) is 7.40. The zero-order chi connectivity index (χ0) is 12.3. The molecule has 0 aromatic carbocycles. The van der Waals surface area contributed by atoms with Crippen LogP contribution in [0.3, 0.4) is 0 Å². The van der Waals surface area contributed by atoms with E-state index in [0.717, 1.165) is 13.1 Å². The Kier molecular flexibility index (Phi) is 4.94. The standard InChI is InChI=1S/C9H9Br2NO3S/c1-4(13)12-6(3-8(14)15)7-2-5(10)9(11)16-7/h2,6H,3H2,1H3,(H,12,13)(H,14,15)/t6-/m1/s1. The molecule has 1 rings (SSSR count). The minimum absolute atomic E-state index is 0.126. The number of carboxylic acids is 1. The summed E-state index contributed by atoms with van der Waals surface area (Å²) in [6.07, 6.45) is -0.126. The fraction of sp³-hybridized carbons (Fsp3) is 0.333. The molecule has 0 aliphatic carbocycles.